The third-order valence-corrected chi connectivity index (χ3v) is 2.44. The molecule has 16 heavy (non-hydrogen) atoms. The van der Waals surface area contributed by atoms with Crippen LogP contribution in [-0.2, 0) is 6.42 Å². The van der Waals surface area contributed by atoms with E-state index in [0.29, 0.717) is 16.9 Å². The van der Waals surface area contributed by atoms with Crippen LogP contribution >= 0.6 is 12.2 Å². The maximum atomic E-state index is 11.4. The maximum absolute atomic E-state index is 11.4. The van der Waals surface area contributed by atoms with Crippen LogP contribution in [0.3, 0.4) is 0 Å². The Hall–Kier alpha value is -2.13. The summed E-state index contributed by atoms with van der Waals surface area (Å²) in [5.41, 5.74) is 1.27. The van der Waals surface area contributed by atoms with Crippen LogP contribution in [0.5, 0.6) is 0 Å². The summed E-state index contributed by atoms with van der Waals surface area (Å²) in [7, 11) is 0. The molecule has 0 unspecified atom stereocenters. The van der Waals surface area contributed by atoms with E-state index in [9.17, 15) is 4.79 Å². The first-order chi connectivity index (χ1) is 7.72. The van der Waals surface area contributed by atoms with Gasteiger partial charge in [-0.1, -0.05) is 12.1 Å². The lowest BCUT2D eigenvalue weighted by atomic mass is 10.1. The summed E-state index contributed by atoms with van der Waals surface area (Å²) < 4.78 is 1.67. The van der Waals surface area contributed by atoms with Crippen molar-refractivity contribution in [2.75, 3.05) is 0 Å². The van der Waals surface area contributed by atoms with E-state index in [0.717, 1.165) is 5.56 Å². The molecular formula is C10H8N4OS. The van der Waals surface area contributed by atoms with Gasteiger partial charge in [-0.2, -0.15) is 5.26 Å². The minimum Gasteiger partial charge on any atom is -0.272 e. The van der Waals surface area contributed by atoms with Crippen molar-refractivity contribution < 1.29 is 0 Å². The third kappa shape index (κ3) is 1.81. The molecule has 1 aromatic heterocycles. The molecule has 5 nitrogen and oxygen atoms in total. The molecule has 0 saturated heterocycles. The fourth-order valence-corrected chi connectivity index (χ4v) is 1.64. The Kier molecular flexibility index (Phi) is 2.70. The number of rotatable bonds is 2. The SMILES string of the molecule is N#CCc1ccc(-n2c(=O)[nH][nH]c2=S)cc1. The molecule has 0 saturated carbocycles. The van der Waals surface area contributed by atoms with Gasteiger partial charge >= 0.3 is 5.69 Å². The molecule has 0 aliphatic heterocycles. The zero-order valence-electron chi connectivity index (χ0n) is 8.23. The van der Waals surface area contributed by atoms with Gasteiger partial charge in [0.15, 0.2) is 0 Å². The van der Waals surface area contributed by atoms with Gasteiger partial charge in [0.25, 0.3) is 0 Å². The van der Waals surface area contributed by atoms with Crippen LogP contribution in [0.25, 0.3) is 5.69 Å². The van der Waals surface area contributed by atoms with Gasteiger partial charge in [0, 0.05) is 0 Å². The van der Waals surface area contributed by atoms with Gasteiger partial charge in [-0.25, -0.2) is 14.5 Å². The van der Waals surface area contributed by atoms with Crippen molar-refractivity contribution >= 4 is 12.2 Å². The van der Waals surface area contributed by atoms with E-state index < -0.39 is 0 Å². The highest BCUT2D eigenvalue weighted by molar-refractivity contribution is 7.71. The predicted molar refractivity (Wildman–Crippen MR) is 60.9 cm³/mol. The average Bonchev–Trinajstić information content (AvgIpc) is 2.61. The molecule has 0 amide bonds. The third-order valence-electron chi connectivity index (χ3n) is 2.16. The first kappa shape index (κ1) is 10.4. The van der Waals surface area contributed by atoms with E-state index >= 15 is 0 Å². The van der Waals surface area contributed by atoms with Gasteiger partial charge < -0.3 is 0 Å². The van der Waals surface area contributed by atoms with Crippen LogP contribution in [0.2, 0.25) is 0 Å². The Morgan fingerprint density at radius 2 is 2.00 bits per heavy atom. The summed E-state index contributed by atoms with van der Waals surface area (Å²) in [5.74, 6) is 0. The van der Waals surface area contributed by atoms with Gasteiger partial charge in [-0.15, -0.1) is 0 Å². The molecule has 2 aromatic rings. The lowest BCUT2D eigenvalue weighted by molar-refractivity contribution is 0.973. The topological polar surface area (TPSA) is 77.4 Å². The van der Waals surface area contributed by atoms with E-state index in [4.69, 9.17) is 17.5 Å². The van der Waals surface area contributed by atoms with Crippen molar-refractivity contribution in [3.05, 3.63) is 45.1 Å². The lowest BCUT2D eigenvalue weighted by Gasteiger charge is -2.00. The number of hydrogen-bond donors (Lipinski definition) is 2. The molecule has 0 aliphatic rings. The maximum Gasteiger partial charge on any atom is 0.347 e. The summed E-state index contributed by atoms with van der Waals surface area (Å²) in [4.78, 5) is 11.4. The second-order valence-electron chi connectivity index (χ2n) is 3.20. The molecular weight excluding hydrogens is 224 g/mol. The quantitative estimate of drug-likeness (QED) is 0.766. The van der Waals surface area contributed by atoms with Crippen LogP contribution in [0, 0.1) is 16.1 Å². The number of hydrogen-bond acceptors (Lipinski definition) is 3. The molecule has 1 heterocycles. The first-order valence-corrected chi connectivity index (χ1v) is 4.99. The van der Waals surface area contributed by atoms with Gasteiger partial charge in [0.1, 0.15) is 0 Å². The van der Waals surface area contributed by atoms with Crippen LogP contribution in [0.15, 0.2) is 29.1 Å². The molecule has 0 spiro atoms. The molecule has 0 fully saturated rings. The molecule has 0 bridgehead atoms. The van der Waals surface area contributed by atoms with Crippen molar-refractivity contribution in [1.82, 2.24) is 14.8 Å². The van der Waals surface area contributed by atoms with Crippen LogP contribution in [0.1, 0.15) is 5.56 Å². The minimum atomic E-state index is -0.307. The number of aromatic amines is 2. The molecule has 1 aromatic carbocycles. The summed E-state index contributed by atoms with van der Waals surface area (Å²) in [6, 6.07) is 9.17. The Bertz CT molecular complexity index is 613. The Morgan fingerprint density at radius 3 is 2.50 bits per heavy atom. The van der Waals surface area contributed by atoms with E-state index in [1.165, 1.54) is 4.57 Å². The second-order valence-corrected chi connectivity index (χ2v) is 3.58. The second kappa shape index (κ2) is 4.16. The molecule has 2 N–H and O–H groups in total. The van der Waals surface area contributed by atoms with E-state index in [1.807, 2.05) is 0 Å². The Balaban J connectivity index is 2.47. The Labute approximate surface area is 96.0 Å². The molecule has 0 atom stereocenters. The van der Waals surface area contributed by atoms with Crippen molar-refractivity contribution in [3.63, 3.8) is 0 Å². The predicted octanol–water partition coefficient (Wildman–Crippen LogP) is 1.29. The number of nitriles is 1. The number of H-pyrrole nitrogens is 2. The van der Waals surface area contributed by atoms with Crippen LogP contribution in [-0.4, -0.2) is 14.8 Å². The van der Waals surface area contributed by atoms with Crippen molar-refractivity contribution in [2.24, 2.45) is 0 Å². The summed E-state index contributed by atoms with van der Waals surface area (Å²) in [6.45, 7) is 0. The van der Waals surface area contributed by atoms with Gasteiger partial charge in [-0.05, 0) is 29.9 Å². The smallest absolute Gasteiger partial charge is 0.272 e. The summed E-state index contributed by atoms with van der Waals surface area (Å²) in [5, 5.41) is 13.5. The van der Waals surface area contributed by atoms with Crippen molar-refractivity contribution in [3.8, 4) is 11.8 Å². The fourth-order valence-electron chi connectivity index (χ4n) is 1.40. The van der Waals surface area contributed by atoms with E-state index in [2.05, 4.69) is 16.3 Å². The zero-order chi connectivity index (χ0) is 11.5. The van der Waals surface area contributed by atoms with E-state index in [-0.39, 0.29) is 5.69 Å². The number of benzene rings is 1. The van der Waals surface area contributed by atoms with E-state index in [1.54, 1.807) is 24.3 Å². The van der Waals surface area contributed by atoms with Gasteiger partial charge in [0.05, 0.1) is 18.2 Å². The normalized spacial score (nSPS) is 9.94. The number of nitrogens with one attached hydrogen (secondary N) is 2. The van der Waals surface area contributed by atoms with Crippen LogP contribution in [0.4, 0.5) is 0 Å². The molecule has 0 aliphatic carbocycles. The molecule has 2 rings (SSSR count). The zero-order valence-corrected chi connectivity index (χ0v) is 9.04. The van der Waals surface area contributed by atoms with Crippen LogP contribution < -0.4 is 5.69 Å². The highest BCUT2D eigenvalue weighted by atomic mass is 32.1. The first-order valence-electron chi connectivity index (χ1n) is 4.58. The highest BCUT2D eigenvalue weighted by Crippen LogP contribution is 2.08. The standard InChI is InChI=1S/C10H8N4OS/c11-6-5-7-1-3-8(4-2-7)14-9(15)12-13-10(14)16/h1-4H,5H2,(H,12,15)(H,13,16). The fraction of sp³-hybridized carbons (Fsp3) is 0.100. The largest absolute Gasteiger partial charge is 0.347 e. The number of aromatic nitrogens is 3. The summed E-state index contributed by atoms with van der Waals surface area (Å²) in [6.07, 6.45) is 0.356. The lowest BCUT2D eigenvalue weighted by Crippen LogP contribution is -2.14. The molecule has 0 radical (unpaired) electrons. The molecule has 80 valence electrons. The summed E-state index contributed by atoms with van der Waals surface area (Å²) >= 11 is 4.96. The van der Waals surface area contributed by atoms with Crippen molar-refractivity contribution in [2.45, 2.75) is 6.42 Å². The van der Waals surface area contributed by atoms with Gasteiger partial charge in [-0.3, -0.25) is 5.10 Å². The number of nitrogens with zero attached hydrogens (tertiary/aromatic N) is 2. The average molecular weight is 232 g/mol. The Morgan fingerprint density at radius 1 is 1.31 bits per heavy atom. The highest BCUT2D eigenvalue weighted by Gasteiger charge is 2.02. The monoisotopic (exact) mass is 232 g/mol. The van der Waals surface area contributed by atoms with Crippen molar-refractivity contribution in [1.29, 1.82) is 5.26 Å². The molecule has 6 heteroatoms. The van der Waals surface area contributed by atoms with Gasteiger partial charge in [0.2, 0.25) is 4.77 Å². The minimum absolute atomic E-state index is 0.307.